The maximum atomic E-state index is 13.1. The van der Waals surface area contributed by atoms with Crippen LogP contribution in [-0.2, 0) is 9.59 Å². The number of nitriles is 1. The van der Waals surface area contributed by atoms with Crippen molar-refractivity contribution in [3.63, 3.8) is 0 Å². The van der Waals surface area contributed by atoms with Gasteiger partial charge in [0.05, 0.1) is 27.8 Å². The zero-order valence-corrected chi connectivity index (χ0v) is 32.0. The van der Waals surface area contributed by atoms with E-state index in [2.05, 4.69) is 31.0 Å². The first kappa shape index (κ1) is 38.3. The number of imide groups is 2. The zero-order chi connectivity index (χ0) is 39.6. The first-order chi connectivity index (χ1) is 27.6. The normalized spacial score (nSPS) is 24.9. The first-order valence-corrected chi connectivity index (χ1v) is 20.0. The van der Waals surface area contributed by atoms with Crippen LogP contribution < -0.4 is 30.3 Å². The maximum Gasteiger partial charge on any atom is 0.272 e. The second kappa shape index (κ2) is 16.5. The number of aromatic nitrogens is 2. The molecule has 3 aromatic rings. The van der Waals surface area contributed by atoms with Gasteiger partial charge in [0.2, 0.25) is 11.8 Å². The molecule has 1 aromatic heterocycles. The van der Waals surface area contributed by atoms with Crippen molar-refractivity contribution in [3.05, 3.63) is 75.9 Å². The Hall–Kier alpha value is -5.59. The van der Waals surface area contributed by atoms with Gasteiger partial charge in [-0.3, -0.25) is 34.2 Å². The second-order valence-corrected chi connectivity index (χ2v) is 15.9. The van der Waals surface area contributed by atoms with Gasteiger partial charge in [-0.1, -0.05) is 11.6 Å². The minimum Gasteiger partial charge on any atom is -0.490 e. The topological polar surface area (TPSA) is 196 Å². The average Bonchev–Trinajstić information content (AvgIpc) is 3.44. The van der Waals surface area contributed by atoms with Crippen LogP contribution in [0.1, 0.15) is 101 Å². The molecule has 8 rings (SSSR count). The van der Waals surface area contributed by atoms with Crippen LogP contribution in [0.25, 0.3) is 0 Å². The number of piperidine rings is 2. The molecule has 2 saturated carbocycles. The number of fused-ring (bicyclic) bond motifs is 1. The summed E-state index contributed by atoms with van der Waals surface area (Å²) in [6.07, 6.45) is 6.99. The highest BCUT2D eigenvalue weighted by molar-refractivity contribution is 6.31. The monoisotopic (exact) mass is 794 g/mol. The SMILES string of the molecule is N#Cc1ccc(OC2CCC(NC(=O)c3ccc(N4CCC(CNC5CC(Oc6ccc7c(c6)C(=O)N([C@@H]6CCC(=O)NC6=O)C7=O)C5)CC4)nn3)CC2)cc1Cl. The Morgan fingerprint density at radius 3 is 2.26 bits per heavy atom. The third kappa shape index (κ3) is 8.43. The van der Waals surface area contributed by atoms with Gasteiger partial charge in [0.15, 0.2) is 11.5 Å². The maximum absolute atomic E-state index is 13.1. The number of nitrogens with zero attached hydrogens (tertiary/aromatic N) is 5. The van der Waals surface area contributed by atoms with Gasteiger partial charge in [0.25, 0.3) is 17.7 Å². The Balaban J connectivity index is 0.721. The Morgan fingerprint density at radius 2 is 1.56 bits per heavy atom. The van der Waals surface area contributed by atoms with E-state index in [-0.39, 0.29) is 48.1 Å². The van der Waals surface area contributed by atoms with E-state index in [1.807, 2.05) is 12.1 Å². The van der Waals surface area contributed by atoms with E-state index in [0.717, 1.165) is 81.7 Å². The highest BCUT2D eigenvalue weighted by Gasteiger charge is 2.45. The summed E-state index contributed by atoms with van der Waals surface area (Å²) in [5.74, 6) is 0.0666. The molecule has 0 unspecified atom stereocenters. The molecule has 1 atom stereocenters. The molecule has 15 nitrogen and oxygen atoms in total. The lowest BCUT2D eigenvalue weighted by atomic mass is 9.88. The average molecular weight is 795 g/mol. The number of halogens is 1. The van der Waals surface area contributed by atoms with Gasteiger partial charge in [-0.25, -0.2) is 0 Å². The molecular weight excluding hydrogens is 752 g/mol. The summed E-state index contributed by atoms with van der Waals surface area (Å²) < 4.78 is 12.2. The number of rotatable bonds is 11. The molecule has 16 heteroatoms. The van der Waals surface area contributed by atoms with Gasteiger partial charge in [-0.2, -0.15) is 5.26 Å². The fourth-order valence-corrected chi connectivity index (χ4v) is 8.51. The standard InChI is InChI=1S/C41H43ClN8O7/c42-33-20-29(4-1-24(33)21-43)56-27-5-2-25(3-6-27)45-38(52)34-9-11-36(48-47-34)49-15-13-23(14-16-49)22-44-26-17-30(18-26)57-28-7-8-31-32(19-28)41(55)50(40(31)54)35-10-12-37(51)46-39(35)53/h1,4,7-9,11,19-20,23,25-27,30,35,44H,2-3,5-6,10,12-18,22H2,(H,45,52)(H,46,51,53)/t25?,26?,27?,30?,35-/m1/s1. The summed E-state index contributed by atoms with van der Waals surface area (Å²) in [6.45, 7) is 2.60. The van der Waals surface area contributed by atoms with E-state index in [1.165, 1.54) is 0 Å². The van der Waals surface area contributed by atoms with Crippen LogP contribution in [0.2, 0.25) is 5.02 Å². The number of amides is 5. The van der Waals surface area contributed by atoms with E-state index < -0.39 is 29.7 Å². The largest absolute Gasteiger partial charge is 0.490 e. The first-order valence-electron chi connectivity index (χ1n) is 19.6. The molecule has 5 aliphatic rings. The molecule has 5 amide bonds. The molecule has 3 aliphatic heterocycles. The summed E-state index contributed by atoms with van der Waals surface area (Å²) in [6, 6.07) is 14.9. The van der Waals surface area contributed by atoms with Gasteiger partial charge in [-0.05, 0) is 113 Å². The third-order valence-corrected chi connectivity index (χ3v) is 12.0. The van der Waals surface area contributed by atoms with Gasteiger partial charge >= 0.3 is 0 Å². The summed E-state index contributed by atoms with van der Waals surface area (Å²) in [5.41, 5.74) is 1.15. The second-order valence-electron chi connectivity index (χ2n) is 15.5. The number of hydrogen-bond donors (Lipinski definition) is 3. The smallest absolute Gasteiger partial charge is 0.272 e. The lowest BCUT2D eigenvalue weighted by molar-refractivity contribution is -0.136. The molecule has 2 aromatic carbocycles. The predicted molar refractivity (Wildman–Crippen MR) is 206 cm³/mol. The quantitative estimate of drug-likeness (QED) is 0.237. The molecular formula is C41H43ClN8O7. The van der Waals surface area contributed by atoms with E-state index in [4.69, 9.17) is 26.3 Å². The number of carbonyl (C=O) groups is 5. The van der Waals surface area contributed by atoms with Gasteiger partial charge < -0.3 is 25.0 Å². The van der Waals surface area contributed by atoms with Crippen LogP contribution in [0, 0.1) is 17.2 Å². The minimum absolute atomic E-state index is 0.0133. The molecule has 0 bridgehead atoms. The van der Waals surface area contributed by atoms with Crippen molar-refractivity contribution in [1.82, 2.24) is 31.0 Å². The van der Waals surface area contributed by atoms with Gasteiger partial charge in [0, 0.05) is 37.7 Å². The van der Waals surface area contributed by atoms with Crippen molar-refractivity contribution >= 4 is 47.0 Å². The van der Waals surface area contributed by atoms with Gasteiger partial charge in [0.1, 0.15) is 29.7 Å². The van der Waals surface area contributed by atoms with Gasteiger partial charge in [-0.15, -0.1) is 10.2 Å². The zero-order valence-electron chi connectivity index (χ0n) is 31.2. The Morgan fingerprint density at radius 1 is 0.842 bits per heavy atom. The van der Waals surface area contributed by atoms with E-state index in [0.29, 0.717) is 39.7 Å². The molecule has 2 saturated heterocycles. The highest BCUT2D eigenvalue weighted by atomic mass is 35.5. The fraction of sp³-hybridized carbons (Fsp3) is 0.463. The molecule has 57 heavy (non-hydrogen) atoms. The van der Waals surface area contributed by atoms with E-state index >= 15 is 0 Å². The van der Waals surface area contributed by atoms with Crippen molar-refractivity contribution in [1.29, 1.82) is 5.26 Å². The van der Waals surface area contributed by atoms with Crippen LogP contribution in [0.5, 0.6) is 11.5 Å². The molecule has 0 radical (unpaired) electrons. The van der Waals surface area contributed by atoms with E-state index in [1.54, 1.807) is 42.5 Å². The number of anilines is 1. The predicted octanol–water partition coefficient (Wildman–Crippen LogP) is 3.94. The summed E-state index contributed by atoms with van der Waals surface area (Å²) in [7, 11) is 0. The molecule has 2 aliphatic carbocycles. The molecule has 296 valence electrons. The number of carbonyl (C=O) groups excluding carboxylic acids is 5. The molecule has 4 heterocycles. The lowest BCUT2D eigenvalue weighted by Crippen LogP contribution is -2.54. The Bertz CT molecular complexity index is 2100. The molecule has 4 fully saturated rings. The summed E-state index contributed by atoms with van der Waals surface area (Å²) in [4.78, 5) is 66.1. The number of nitrogens with one attached hydrogen (secondary N) is 3. The summed E-state index contributed by atoms with van der Waals surface area (Å²) in [5, 5.41) is 27.1. The molecule has 0 spiro atoms. The van der Waals surface area contributed by atoms with Crippen molar-refractivity contribution in [3.8, 4) is 17.6 Å². The number of hydrogen-bond acceptors (Lipinski definition) is 12. The van der Waals surface area contributed by atoms with Crippen molar-refractivity contribution in [2.75, 3.05) is 24.5 Å². The molecule has 3 N–H and O–H groups in total. The van der Waals surface area contributed by atoms with Crippen molar-refractivity contribution in [2.24, 2.45) is 5.92 Å². The van der Waals surface area contributed by atoms with E-state index in [9.17, 15) is 24.0 Å². The van der Waals surface area contributed by atoms with Crippen LogP contribution in [0.15, 0.2) is 48.5 Å². The third-order valence-electron chi connectivity index (χ3n) is 11.7. The summed E-state index contributed by atoms with van der Waals surface area (Å²) >= 11 is 6.14. The highest BCUT2D eigenvalue weighted by Crippen LogP contribution is 2.33. The fourth-order valence-electron chi connectivity index (χ4n) is 8.30. The Labute approximate surface area is 334 Å². The van der Waals surface area contributed by atoms with Crippen molar-refractivity contribution in [2.45, 2.75) is 94.5 Å². The van der Waals surface area contributed by atoms with Crippen LogP contribution in [0.4, 0.5) is 5.82 Å². The number of ether oxygens (including phenoxy) is 2. The number of benzene rings is 2. The minimum atomic E-state index is -1.00. The van der Waals surface area contributed by atoms with Crippen LogP contribution >= 0.6 is 11.6 Å². The Kier molecular flexibility index (Phi) is 11.1. The van der Waals surface area contributed by atoms with Crippen LogP contribution in [0.3, 0.4) is 0 Å². The lowest BCUT2D eigenvalue weighted by Gasteiger charge is -2.38. The van der Waals surface area contributed by atoms with Crippen molar-refractivity contribution < 1.29 is 33.4 Å². The van der Waals surface area contributed by atoms with Crippen LogP contribution in [-0.4, -0.2) is 94.6 Å².